The fourth-order valence-electron chi connectivity index (χ4n) is 3.41. The largest absolute Gasteiger partial charge is 0.348 e. The molecule has 3 aromatic rings. The molecule has 0 spiro atoms. The van der Waals surface area contributed by atoms with Gasteiger partial charge in [-0.1, -0.05) is 41.4 Å². The number of halogens is 3. The predicted molar refractivity (Wildman–Crippen MR) is 124 cm³/mol. The molecule has 152 valence electrons. The molecule has 4 nitrogen and oxygen atoms in total. The third-order valence-electron chi connectivity index (χ3n) is 5.00. The number of hydrogen-bond donors (Lipinski definition) is 0. The Labute approximate surface area is 192 Å². The summed E-state index contributed by atoms with van der Waals surface area (Å²) in [7, 11) is -3.36. The van der Waals surface area contributed by atoms with E-state index in [4.69, 9.17) is 28.2 Å². The van der Waals surface area contributed by atoms with E-state index >= 15 is 0 Å². The number of aromatic nitrogens is 1. The van der Waals surface area contributed by atoms with Gasteiger partial charge >= 0.3 is 0 Å². The smallest absolute Gasteiger partial charge is 0.185 e. The molecule has 0 unspecified atom stereocenters. The topological polar surface area (TPSA) is 50.3 Å². The zero-order valence-corrected chi connectivity index (χ0v) is 19.9. The molecule has 2 aromatic carbocycles. The fraction of sp³-hybridized carbons (Fsp3) is 0.250. The second-order valence-corrected chi connectivity index (χ2v) is 11.5. The number of piperidine rings is 1. The molecule has 1 aromatic heterocycles. The van der Waals surface area contributed by atoms with E-state index in [0.717, 1.165) is 16.4 Å². The van der Waals surface area contributed by atoms with E-state index in [0.29, 0.717) is 45.3 Å². The van der Waals surface area contributed by atoms with Gasteiger partial charge in [-0.3, -0.25) is 0 Å². The Balaban J connectivity index is 1.47. The first-order valence-electron chi connectivity index (χ1n) is 9.00. The van der Waals surface area contributed by atoms with Crippen LogP contribution in [0.1, 0.15) is 12.8 Å². The van der Waals surface area contributed by atoms with Gasteiger partial charge in [0.1, 0.15) is 0 Å². The number of thiazole rings is 1. The molecule has 0 atom stereocenters. The molecule has 2 heterocycles. The van der Waals surface area contributed by atoms with E-state index in [1.807, 2.05) is 17.5 Å². The number of anilines is 1. The SMILES string of the molecule is O=S(=O)(c1ccccc1Br)C1CCN(c2nc(-c3ccc(Cl)c(Cl)c3)cs2)CC1. The normalized spacial score (nSPS) is 15.6. The van der Waals surface area contributed by atoms with Crippen LogP contribution in [0.3, 0.4) is 0 Å². The van der Waals surface area contributed by atoms with Crippen LogP contribution in [-0.2, 0) is 9.84 Å². The van der Waals surface area contributed by atoms with Crippen molar-refractivity contribution in [3.05, 3.63) is 62.4 Å². The summed E-state index contributed by atoms with van der Waals surface area (Å²) in [5.41, 5.74) is 1.75. The molecule has 0 aliphatic carbocycles. The van der Waals surface area contributed by atoms with E-state index in [1.54, 1.807) is 41.7 Å². The Hall–Kier alpha value is -1.12. The summed E-state index contributed by atoms with van der Waals surface area (Å²) in [5.74, 6) is 0. The van der Waals surface area contributed by atoms with E-state index in [2.05, 4.69) is 20.8 Å². The molecule has 1 aliphatic rings. The maximum Gasteiger partial charge on any atom is 0.185 e. The molecule has 0 amide bonds. The van der Waals surface area contributed by atoms with Crippen LogP contribution in [0.15, 0.2) is 57.2 Å². The minimum atomic E-state index is -3.36. The summed E-state index contributed by atoms with van der Waals surface area (Å²) in [6.45, 7) is 1.31. The number of benzene rings is 2. The van der Waals surface area contributed by atoms with Crippen molar-refractivity contribution >= 4 is 65.4 Å². The highest BCUT2D eigenvalue weighted by Crippen LogP contribution is 2.34. The lowest BCUT2D eigenvalue weighted by Crippen LogP contribution is -2.39. The lowest BCUT2D eigenvalue weighted by molar-refractivity contribution is 0.529. The molecular formula is C20H17BrCl2N2O2S2. The Kier molecular flexibility index (Phi) is 6.23. The maximum absolute atomic E-state index is 13.0. The van der Waals surface area contributed by atoms with E-state index in [-0.39, 0.29) is 5.25 Å². The van der Waals surface area contributed by atoms with Gasteiger partial charge in [0.2, 0.25) is 0 Å². The van der Waals surface area contributed by atoms with Crippen molar-refractivity contribution in [2.24, 2.45) is 0 Å². The van der Waals surface area contributed by atoms with Crippen LogP contribution in [0.5, 0.6) is 0 Å². The number of hydrogen-bond acceptors (Lipinski definition) is 5. The molecule has 29 heavy (non-hydrogen) atoms. The van der Waals surface area contributed by atoms with Crippen LogP contribution in [0.4, 0.5) is 5.13 Å². The van der Waals surface area contributed by atoms with Crippen molar-refractivity contribution in [3.63, 3.8) is 0 Å². The molecule has 1 aliphatic heterocycles. The lowest BCUT2D eigenvalue weighted by atomic mass is 10.1. The fourth-order valence-corrected chi connectivity index (χ4v) is 7.36. The van der Waals surface area contributed by atoms with E-state index < -0.39 is 9.84 Å². The summed E-state index contributed by atoms with van der Waals surface area (Å²) in [6.07, 6.45) is 1.15. The van der Waals surface area contributed by atoms with Crippen LogP contribution in [-0.4, -0.2) is 31.7 Å². The molecule has 0 radical (unpaired) electrons. The molecule has 0 bridgehead atoms. The number of nitrogens with zero attached hydrogens (tertiary/aromatic N) is 2. The van der Waals surface area contributed by atoms with Gasteiger partial charge < -0.3 is 4.90 Å². The summed E-state index contributed by atoms with van der Waals surface area (Å²) in [5, 5.41) is 3.50. The molecule has 1 saturated heterocycles. The summed E-state index contributed by atoms with van der Waals surface area (Å²) < 4.78 is 26.6. The quantitative estimate of drug-likeness (QED) is 0.395. The number of rotatable bonds is 4. The van der Waals surface area contributed by atoms with Crippen LogP contribution in [0.25, 0.3) is 11.3 Å². The first-order chi connectivity index (χ1) is 13.9. The van der Waals surface area contributed by atoms with E-state index in [1.165, 1.54) is 0 Å². The Morgan fingerprint density at radius 2 is 1.79 bits per heavy atom. The van der Waals surface area contributed by atoms with Gasteiger partial charge in [-0.15, -0.1) is 11.3 Å². The zero-order chi connectivity index (χ0) is 20.6. The molecular weight excluding hydrogens is 515 g/mol. The van der Waals surface area contributed by atoms with Crippen LogP contribution in [0.2, 0.25) is 10.0 Å². The average Bonchev–Trinajstić information content (AvgIpc) is 3.20. The van der Waals surface area contributed by atoms with Gasteiger partial charge in [0.05, 0.1) is 25.9 Å². The van der Waals surface area contributed by atoms with Gasteiger partial charge in [-0.2, -0.15) is 0 Å². The Morgan fingerprint density at radius 1 is 1.07 bits per heavy atom. The molecule has 1 fully saturated rings. The second kappa shape index (κ2) is 8.55. The van der Waals surface area contributed by atoms with Gasteiger partial charge in [0.15, 0.2) is 15.0 Å². The summed E-state index contributed by atoms with van der Waals surface area (Å²) >= 11 is 17.0. The van der Waals surface area contributed by atoms with Crippen molar-refractivity contribution in [1.82, 2.24) is 4.98 Å². The van der Waals surface area contributed by atoms with Crippen LogP contribution >= 0.6 is 50.5 Å². The highest BCUT2D eigenvalue weighted by molar-refractivity contribution is 9.10. The maximum atomic E-state index is 13.0. The van der Waals surface area contributed by atoms with Gasteiger partial charge in [-0.05, 0) is 53.0 Å². The van der Waals surface area contributed by atoms with Gasteiger partial charge in [0, 0.05) is 28.5 Å². The molecule has 0 N–H and O–H groups in total. The Bertz CT molecular complexity index is 1140. The highest BCUT2D eigenvalue weighted by atomic mass is 79.9. The van der Waals surface area contributed by atoms with Crippen molar-refractivity contribution in [3.8, 4) is 11.3 Å². The minimum absolute atomic E-state index is 0.370. The zero-order valence-electron chi connectivity index (χ0n) is 15.2. The predicted octanol–water partition coefficient (Wildman–Crippen LogP) is 6.32. The third kappa shape index (κ3) is 4.35. The molecule has 0 saturated carbocycles. The molecule has 9 heteroatoms. The monoisotopic (exact) mass is 530 g/mol. The van der Waals surface area contributed by atoms with Crippen LogP contribution < -0.4 is 4.90 Å². The number of sulfone groups is 1. The average molecular weight is 532 g/mol. The summed E-state index contributed by atoms with van der Waals surface area (Å²) in [6, 6.07) is 12.5. The van der Waals surface area contributed by atoms with Crippen molar-refractivity contribution in [1.29, 1.82) is 0 Å². The standard InChI is InChI=1S/C20H17BrCl2N2O2S2/c21-15-3-1-2-4-19(15)29(26,27)14-7-9-25(10-8-14)20-24-18(12-28-20)13-5-6-16(22)17(23)11-13/h1-6,11-12,14H,7-10H2. The summed E-state index contributed by atoms with van der Waals surface area (Å²) in [4.78, 5) is 7.24. The van der Waals surface area contributed by atoms with Crippen molar-refractivity contribution in [2.75, 3.05) is 18.0 Å². The van der Waals surface area contributed by atoms with Gasteiger partial charge in [0.25, 0.3) is 0 Å². The minimum Gasteiger partial charge on any atom is -0.348 e. The van der Waals surface area contributed by atoms with E-state index in [9.17, 15) is 8.42 Å². The Morgan fingerprint density at radius 3 is 2.48 bits per heavy atom. The van der Waals surface area contributed by atoms with Crippen molar-refractivity contribution < 1.29 is 8.42 Å². The first kappa shape index (κ1) is 21.1. The van der Waals surface area contributed by atoms with Crippen LogP contribution in [0, 0.1) is 0 Å². The highest BCUT2D eigenvalue weighted by Gasteiger charge is 2.33. The third-order valence-corrected chi connectivity index (χ3v) is 9.91. The van der Waals surface area contributed by atoms with Crippen molar-refractivity contribution in [2.45, 2.75) is 23.0 Å². The second-order valence-electron chi connectivity index (χ2n) is 6.81. The van der Waals surface area contributed by atoms with Gasteiger partial charge in [-0.25, -0.2) is 13.4 Å². The molecule has 4 rings (SSSR count). The first-order valence-corrected chi connectivity index (χ1v) is 13.0. The lowest BCUT2D eigenvalue weighted by Gasteiger charge is -2.31.